The maximum Gasteiger partial charge on any atom is 0.227 e. The predicted octanol–water partition coefficient (Wildman–Crippen LogP) is 0.410. The zero-order valence-corrected chi connectivity index (χ0v) is 8.63. The van der Waals surface area contributed by atoms with E-state index in [1.807, 2.05) is 0 Å². The Morgan fingerprint density at radius 2 is 2.27 bits per heavy atom. The van der Waals surface area contributed by atoms with Crippen molar-refractivity contribution in [3.05, 3.63) is 12.3 Å². The molecule has 0 radical (unpaired) electrons. The maximum atomic E-state index is 9.52. The number of nitrogens with two attached hydrogens (primary N) is 1. The van der Waals surface area contributed by atoms with E-state index in [9.17, 15) is 5.11 Å². The lowest BCUT2D eigenvalue weighted by atomic mass is 10.2. The van der Waals surface area contributed by atoms with Crippen LogP contribution in [0.1, 0.15) is 19.3 Å². The summed E-state index contributed by atoms with van der Waals surface area (Å²) in [4.78, 5) is 10.4. The first kappa shape index (κ1) is 10.2. The Bertz CT molecular complexity index is 331. The average molecular weight is 208 g/mol. The van der Waals surface area contributed by atoms with Crippen molar-refractivity contribution in [2.45, 2.75) is 25.4 Å². The van der Waals surface area contributed by atoms with Crippen molar-refractivity contribution in [1.29, 1.82) is 0 Å². The molecule has 1 aromatic rings. The monoisotopic (exact) mass is 208 g/mol. The molecule has 0 saturated carbocycles. The Balaban J connectivity index is 2.09. The highest BCUT2D eigenvalue weighted by molar-refractivity contribution is 5.37. The van der Waals surface area contributed by atoms with Gasteiger partial charge in [0.15, 0.2) is 0 Å². The van der Waals surface area contributed by atoms with Gasteiger partial charge in [0.1, 0.15) is 5.82 Å². The molecule has 1 saturated heterocycles. The van der Waals surface area contributed by atoms with Gasteiger partial charge >= 0.3 is 0 Å². The number of aliphatic hydroxyl groups excluding tert-OH is 1. The second-order valence-corrected chi connectivity index (χ2v) is 3.85. The molecule has 0 amide bonds. The van der Waals surface area contributed by atoms with E-state index in [-0.39, 0.29) is 6.10 Å². The number of aromatic nitrogens is 2. The summed E-state index contributed by atoms with van der Waals surface area (Å²) in [6.45, 7) is 1.69. The fraction of sp³-hybridized carbons (Fsp3) is 0.600. The molecule has 82 valence electrons. The molecule has 1 aliphatic heterocycles. The van der Waals surface area contributed by atoms with E-state index >= 15 is 0 Å². The minimum Gasteiger partial charge on any atom is -0.393 e. The Morgan fingerprint density at radius 3 is 3.07 bits per heavy atom. The summed E-state index contributed by atoms with van der Waals surface area (Å²) in [5, 5.41) is 9.52. The van der Waals surface area contributed by atoms with E-state index in [0.717, 1.165) is 32.4 Å². The van der Waals surface area contributed by atoms with Crippen LogP contribution in [0.25, 0.3) is 0 Å². The summed E-state index contributed by atoms with van der Waals surface area (Å²) < 4.78 is 0. The standard InChI is InChI=1S/C10H16N4O/c11-9-3-5-12-10(13-9)14-6-1-2-8(15)4-7-14/h3,5,8,15H,1-2,4,6-7H2,(H2,11,12,13). The van der Waals surface area contributed by atoms with Gasteiger partial charge in [0.05, 0.1) is 6.10 Å². The highest BCUT2D eigenvalue weighted by Crippen LogP contribution is 2.16. The number of rotatable bonds is 1. The molecule has 5 nitrogen and oxygen atoms in total. The molecular weight excluding hydrogens is 192 g/mol. The van der Waals surface area contributed by atoms with Crippen molar-refractivity contribution in [1.82, 2.24) is 9.97 Å². The third kappa shape index (κ3) is 2.56. The molecule has 5 heteroatoms. The normalized spacial score (nSPS) is 22.5. The van der Waals surface area contributed by atoms with Crippen LogP contribution in [0.5, 0.6) is 0 Å². The number of aliphatic hydroxyl groups is 1. The molecule has 3 N–H and O–H groups in total. The Labute approximate surface area is 88.9 Å². The second kappa shape index (κ2) is 4.44. The average Bonchev–Trinajstić information content (AvgIpc) is 2.43. The van der Waals surface area contributed by atoms with Crippen molar-refractivity contribution < 1.29 is 5.11 Å². The van der Waals surface area contributed by atoms with Crippen molar-refractivity contribution in [2.75, 3.05) is 23.7 Å². The quantitative estimate of drug-likeness (QED) is 0.699. The third-order valence-corrected chi connectivity index (χ3v) is 2.64. The lowest BCUT2D eigenvalue weighted by Crippen LogP contribution is -2.26. The van der Waals surface area contributed by atoms with Crippen molar-refractivity contribution >= 4 is 11.8 Å². The fourth-order valence-electron chi connectivity index (χ4n) is 1.79. The van der Waals surface area contributed by atoms with E-state index in [4.69, 9.17) is 5.73 Å². The summed E-state index contributed by atoms with van der Waals surface area (Å²) in [6.07, 6.45) is 4.09. The van der Waals surface area contributed by atoms with Crippen LogP contribution in [0.3, 0.4) is 0 Å². The molecule has 1 fully saturated rings. The van der Waals surface area contributed by atoms with E-state index in [1.54, 1.807) is 12.3 Å². The number of hydrogen-bond acceptors (Lipinski definition) is 5. The first-order valence-electron chi connectivity index (χ1n) is 5.27. The Hall–Kier alpha value is -1.36. The van der Waals surface area contributed by atoms with Crippen LogP contribution in [0, 0.1) is 0 Å². The predicted molar refractivity (Wildman–Crippen MR) is 58.5 cm³/mol. The number of nitrogens with zero attached hydrogens (tertiary/aromatic N) is 3. The molecule has 0 spiro atoms. The fourth-order valence-corrected chi connectivity index (χ4v) is 1.79. The van der Waals surface area contributed by atoms with Crippen LogP contribution in [-0.2, 0) is 0 Å². The molecular formula is C10H16N4O. The van der Waals surface area contributed by atoms with Crippen LogP contribution < -0.4 is 10.6 Å². The molecule has 1 unspecified atom stereocenters. The Kier molecular flexibility index (Phi) is 3.01. The minimum atomic E-state index is -0.184. The highest BCUT2D eigenvalue weighted by Gasteiger charge is 2.16. The maximum absolute atomic E-state index is 9.52. The molecule has 2 heterocycles. The van der Waals surface area contributed by atoms with Crippen LogP contribution in [-0.4, -0.2) is 34.3 Å². The first-order chi connectivity index (χ1) is 7.25. The van der Waals surface area contributed by atoms with Crippen molar-refractivity contribution in [3.8, 4) is 0 Å². The third-order valence-electron chi connectivity index (χ3n) is 2.64. The van der Waals surface area contributed by atoms with E-state index in [1.165, 1.54) is 0 Å². The van der Waals surface area contributed by atoms with Crippen LogP contribution in [0.4, 0.5) is 11.8 Å². The van der Waals surface area contributed by atoms with Gasteiger partial charge in [-0.15, -0.1) is 0 Å². The van der Waals surface area contributed by atoms with Crippen LogP contribution in [0.15, 0.2) is 12.3 Å². The molecule has 15 heavy (non-hydrogen) atoms. The molecule has 1 atom stereocenters. The highest BCUT2D eigenvalue weighted by atomic mass is 16.3. The van der Waals surface area contributed by atoms with E-state index < -0.39 is 0 Å². The lowest BCUT2D eigenvalue weighted by Gasteiger charge is -2.19. The van der Waals surface area contributed by atoms with Gasteiger partial charge < -0.3 is 15.7 Å². The van der Waals surface area contributed by atoms with Gasteiger partial charge in [0.2, 0.25) is 5.95 Å². The molecule has 0 aromatic carbocycles. The van der Waals surface area contributed by atoms with Gasteiger partial charge in [-0.25, -0.2) is 4.98 Å². The minimum absolute atomic E-state index is 0.184. The second-order valence-electron chi connectivity index (χ2n) is 3.85. The van der Waals surface area contributed by atoms with Gasteiger partial charge in [-0.2, -0.15) is 4.98 Å². The lowest BCUT2D eigenvalue weighted by molar-refractivity contribution is 0.161. The SMILES string of the molecule is Nc1ccnc(N2CCCC(O)CC2)n1. The topological polar surface area (TPSA) is 75.3 Å². The van der Waals surface area contributed by atoms with Gasteiger partial charge in [-0.1, -0.05) is 0 Å². The van der Waals surface area contributed by atoms with E-state index in [0.29, 0.717) is 11.8 Å². The number of hydrogen-bond donors (Lipinski definition) is 2. The van der Waals surface area contributed by atoms with Gasteiger partial charge in [-0.3, -0.25) is 0 Å². The zero-order valence-electron chi connectivity index (χ0n) is 8.63. The van der Waals surface area contributed by atoms with Gasteiger partial charge in [0.25, 0.3) is 0 Å². The number of nitrogen functional groups attached to an aromatic ring is 1. The van der Waals surface area contributed by atoms with Crippen LogP contribution in [0.2, 0.25) is 0 Å². The van der Waals surface area contributed by atoms with Crippen molar-refractivity contribution in [2.24, 2.45) is 0 Å². The molecule has 2 rings (SSSR count). The smallest absolute Gasteiger partial charge is 0.227 e. The summed E-state index contributed by atoms with van der Waals surface area (Å²) in [7, 11) is 0. The summed E-state index contributed by atoms with van der Waals surface area (Å²) in [6, 6.07) is 1.68. The first-order valence-corrected chi connectivity index (χ1v) is 5.27. The van der Waals surface area contributed by atoms with Gasteiger partial charge in [0, 0.05) is 19.3 Å². The Morgan fingerprint density at radius 1 is 1.40 bits per heavy atom. The van der Waals surface area contributed by atoms with Crippen LogP contribution >= 0.6 is 0 Å². The summed E-state index contributed by atoms with van der Waals surface area (Å²) >= 11 is 0. The van der Waals surface area contributed by atoms with Crippen molar-refractivity contribution in [3.63, 3.8) is 0 Å². The molecule has 1 aromatic heterocycles. The summed E-state index contributed by atoms with van der Waals surface area (Å²) in [5.74, 6) is 1.16. The largest absolute Gasteiger partial charge is 0.393 e. The molecule has 0 aliphatic carbocycles. The van der Waals surface area contributed by atoms with E-state index in [2.05, 4.69) is 14.9 Å². The number of anilines is 2. The molecule has 0 bridgehead atoms. The van der Waals surface area contributed by atoms with Gasteiger partial charge in [-0.05, 0) is 25.3 Å². The zero-order chi connectivity index (χ0) is 10.7. The molecule has 1 aliphatic rings. The summed E-state index contributed by atoms with van der Waals surface area (Å²) in [5.41, 5.74) is 5.60.